The fourth-order valence-electron chi connectivity index (χ4n) is 2.35. The van der Waals surface area contributed by atoms with Crippen LogP contribution in [0.5, 0.6) is 5.75 Å². The van der Waals surface area contributed by atoms with Crippen molar-refractivity contribution >= 4 is 0 Å². The highest BCUT2D eigenvalue weighted by Crippen LogP contribution is 2.40. The molecule has 0 bridgehead atoms. The molecule has 1 aliphatic rings. The molecule has 0 radical (unpaired) electrons. The summed E-state index contributed by atoms with van der Waals surface area (Å²) in [5.41, 5.74) is 1.20. The molecule has 2 rings (SSSR count). The summed E-state index contributed by atoms with van der Waals surface area (Å²) < 4.78 is 5.44. The average Bonchev–Trinajstić information content (AvgIpc) is 2.42. The van der Waals surface area contributed by atoms with E-state index in [0.29, 0.717) is 12.6 Å². The van der Waals surface area contributed by atoms with Crippen molar-refractivity contribution < 1.29 is 9.84 Å². The molecule has 0 heterocycles. The molecule has 1 aromatic carbocycles. The molecule has 0 saturated heterocycles. The van der Waals surface area contributed by atoms with Gasteiger partial charge >= 0.3 is 0 Å². The van der Waals surface area contributed by atoms with Gasteiger partial charge in [-0.1, -0.05) is 38.6 Å². The van der Waals surface area contributed by atoms with Crippen molar-refractivity contribution in [2.75, 3.05) is 6.61 Å². The van der Waals surface area contributed by atoms with Gasteiger partial charge in [0.05, 0.1) is 6.10 Å². The first-order valence-electron chi connectivity index (χ1n) is 6.78. The predicted octanol–water partition coefficient (Wildman–Crippen LogP) is 2.50. The first-order valence-corrected chi connectivity index (χ1v) is 6.78. The highest BCUT2D eigenvalue weighted by atomic mass is 16.5. The van der Waals surface area contributed by atoms with Crippen LogP contribution in [0.3, 0.4) is 0 Å². The molecular weight excluding hydrogens is 238 g/mol. The first kappa shape index (κ1) is 14.1. The number of nitrogens with one attached hydrogen (secondary N) is 1. The van der Waals surface area contributed by atoms with Gasteiger partial charge in [0.1, 0.15) is 12.4 Å². The minimum absolute atomic E-state index is 0.0208. The van der Waals surface area contributed by atoms with Crippen LogP contribution >= 0.6 is 0 Å². The smallest absolute Gasteiger partial charge is 0.119 e. The van der Waals surface area contributed by atoms with Crippen LogP contribution in [0.25, 0.3) is 0 Å². The van der Waals surface area contributed by atoms with Crippen LogP contribution in [-0.2, 0) is 6.54 Å². The van der Waals surface area contributed by atoms with E-state index in [-0.39, 0.29) is 11.5 Å². The van der Waals surface area contributed by atoms with Crippen molar-refractivity contribution in [3.63, 3.8) is 0 Å². The van der Waals surface area contributed by atoms with E-state index in [1.807, 2.05) is 12.1 Å². The van der Waals surface area contributed by atoms with Crippen molar-refractivity contribution in [1.29, 1.82) is 0 Å². The maximum Gasteiger partial charge on any atom is 0.119 e. The fraction of sp³-hybridized carbons (Fsp3) is 0.500. The highest BCUT2D eigenvalue weighted by molar-refractivity contribution is 5.27. The lowest BCUT2D eigenvalue weighted by Gasteiger charge is -2.49. The normalized spacial score (nSPS) is 24.6. The van der Waals surface area contributed by atoms with Gasteiger partial charge in [0, 0.05) is 18.0 Å². The Balaban J connectivity index is 1.82. The van der Waals surface area contributed by atoms with E-state index >= 15 is 0 Å². The summed E-state index contributed by atoms with van der Waals surface area (Å²) in [5.74, 6) is 0.864. The van der Waals surface area contributed by atoms with E-state index in [0.717, 1.165) is 18.7 Å². The van der Waals surface area contributed by atoms with Crippen molar-refractivity contribution in [3.8, 4) is 5.75 Å². The monoisotopic (exact) mass is 261 g/mol. The molecule has 3 nitrogen and oxygen atoms in total. The Morgan fingerprint density at radius 3 is 2.63 bits per heavy atom. The number of hydrogen-bond donors (Lipinski definition) is 2. The quantitative estimate of drug-likeness (QED) is 0.773. The van der Waals surface area contributed by atoms with Crippen LogP contribution in [-0.4, -0.2) is 23.9 Å². The average molecular weight is 261 g/mol. The largest absolute Gasteiger partial charge is 0.490 e. The summed E-state index contributed by atoms with van der Waals surface area (Å²) in [5, 5.41) is 13.2. The zero-order valence-electron chi connectivity index (χ0n) is 11.7. The fourth-order valence-corrected chi connectivity index (χ4v) is 2.35. The minimum atomic E-state index is -0.181. The SMILES string of the molecule is C=CCOc1ccc(CNC2CC(O)C2(C)C)cc1. The molecule has 2 unspecified atom stereocenters. The van der Waals surface area contributed by atoms with Gasteiger partial charge in [-0.15, -0.1) is 0 Å². The molecule has 1 fully saturated rings. The van der Waals surface area contributed by atoms with Gasteiger partial charge in [-0.25, -0.2) is 0 Å². The van der Waals surface area contributed by atoms with E-state index in [1.165, 1.54) is 5.56 Å². The van der Waals surface area contributed by atoms with Crippen molar-refractivity contribution in [3.05, 3.63) is 42.5 Å². The Morgan fingerprint density at radius 1 is 1.42 bits per heavy atom. The number of hydrogen-bond acceptors (Lipinski definition) is 3. The lowest BCUT2D eigenvalue weighted by atomic mass is 9.64. The molecule has 1 saturated carbocycles. The molecule has 3 heteroatoms. The third-order valence-corrected chi connectivity index (χ3v) is 4.06. The van der Waals surface area contributed by atoms with Gasteiger partial charge in [0.25, 0.3) is 0 Å². The zero-order chi connectivity index (χ0) is 13.9. The molecule has 0 amide bonds. The van der Waals surface area contributed by atoms with E-state index in [9.17, 15) is 5.11 Å². The Kier molecular flexibility index (Phi) is 4.27. The van der Waals surface area contributed by atoms with Gasteiger partial charge in [0.15, 0.2) is 0 Å². The van der Waals surface area contributed by atoms with Crippen LogP contribution in [0, 0.1) is 5.41 Å². The molecule has 0 aliphatic heterocycles. The molecule has 19 heavy (non-hydrogen) atoms. The number of rotatable bonds is 6. The molecule has 104 valence electrons. The Hall–Kier alpha value is -1.32. The topological polar surface area (TPSA) is 41.5 Å². The summed E-state index contributed by atoms with van der Waals surface area (Å²) in [6, 6.07) is 8.46. The minimum Gasteiger partial charge on any atom is -0.490 e. The van der Waals surface area contributed by atoms with Crippen LogP contribution in [0.4, 0.5) is 0 Å². The maximum absolute atomic E-state index is 9.70. The lowest BCUT2D eigenvalue weighted by Crippen LogP contribution is -2.59. The van der Waals surface area contributed by atoms with Gasteiger partial charge in [-0.3, -0.25) is 0 Å². The molecule has 0 spiro atoms. The van der Waals surface area contributed by atoms with E-state index in [1.54, 1.807) is 6.08 Å². The second-order valence-corrected chi connectivity index (χ2v) is 5.75. The molecule has 0 aromatic heterocycles. The van der Waals surface area contributed by atoms with E-state index in [2.05, 4.69) is 37.9 Å². The van der Waals surface area contributed by atoms with Gasteiger partial charge in [-0.05, 0) is 24.1 Å². The standard InChI is InChI=1S/C16H23NO2/c1-4-9-19-13-7-5-12(6-8-13)11-17-14-10-15(18)16(14,2)3/h4-8,14-15,17-18H,1,9-11H2,2-3H3. The second-order valence-electron chi connectivity index (χ2n) is 5.75. The Labute approximate surface area is 115 Å². The number of aliphatic hydroxyl groups excluding tert-OH is 1. The van der Waals surface area contributed by atoms with Gasteiger partial charge < -0.3 is 15.2 Å². The number of aliphatic hydroxyl groups is 1. The second kappa shape index (κ2) is 5.76. The molecule has 2 atom stereocenters. The van der Waals surface area contributed by atoms with Gasteiger partial charge in [0.2, 0.25) is 0 Å². The van der Waals surface area contributed by atoms with Gasteiger partial charge in [-0.2, -0.15) is 0 Å². The third kappa shape index (κ3) is 3.17. The molecule has 1 aromatic rings. The highest BCUT2D eigenvalue weighted by Gasteiger charge is 2.46. The Bertz CT molecular complexity index is 425. The zero-order valence-corrected chi connectivity index (χ0v) is 11.7. The van der Waals surface area contributed by atoms with Crippen molar-refractivity contribution in [1.82, 2.24) is 5.32 Å². The van der Waals surface area contributed by atoms with Crippen molar-refractivity contribution in [2.45, 2.75) is 39.0 Å². The summed E-state index contributed by atoms with van der Waals surface area (Å²) in [4.78, 5) is 0. The maximum atomic E-state index is 9.70. The third-order valence-electron chi connectivity index (χ3n) is 4.06. The van der Waals surface area contributed by atoms with E-state index < -0.39 is 0 Å². The molecule has 2 N–H and O–H groups in total. The summed E-state index contributed by atoms with van der Waals surface area (Å²) in [6.07, 6.45) is 2.40. The van der Waals surface area contributed by atoms with Crippen molar-refractivity contribution in [2.24, 2.45) is 5.41 Å². The van der Waals surface area contributed by atoms with Crippen LogP contribution in [0.15, 0.2) is 36.9 Å². The van der Waals surface area contributed by atoms with Crippen LogP contribution in [0.1, 0.15) is 25.8 Å². The lowest BCUT2D eigenvalue weighted by molar-refractivity contribution is -0.0729. The summed E-state index contributed by atoms with van der Waals surface area (Å²) >= 11 is 0. The first-order chi connectivity index (χ1) is 9.04. The summed E-state index contributed by atoms with van der Waals surface area (Å²) in [7, 11) is 0. The molecular formula is C16H23NO2. The number of ether oxygens (including phenoxy) is 1. The predicted molar refractivity (Wildman–Crippen MR) is 77.2 cm³/mol. The Morgan fingerprint density at radius 2 is 2.11 bits per heavy atom. The summed E-state index contributed by atoms with van der Waals surface area (Å²) in [6.45, 7) is 9.18. The van der Waals surface area contributed by atoms with E-state index in [4.69, 9.17) is 4.74 Å². The molecule has 1 aliphatic carbocycles. The van der Waals surface area contributed by atoms with Crippen LogP contribution in [0.2, 0.25) is 0 Å². The number of benzene rings is 1. The van der Waals surface area contributed by atoms with Crippen LogP contribution < -0.4 is 10.1 Å².